The van der Waals surface area contributed by atoms with Crippen molar-refractivity contribution in [3.63, 3.8) is 0 Å². The van der Waals surface area contributed by atoms with Crippen molar-refractivity contribution < 1.29 is 19.0 Å². The molecule has 36 heavy (non-hydrogen) atoms. The zero-order valence-electron chi connectivity index (χ0n) is 20.9. The highest BCUT2D eigenvalue weighted by atomic mass is 19.1. The molecule has 2 unspecified atom stereocenters. The summed E-state index contributed by atoms with van der Waals surface area (Å²) in [6.07, 6.45) is 4.31. The minimum absolute atomic E-state index is 0.0699. The Morgan fingerprint density at radius 2 is 2.14 bits per heavy atom. The van der Waals surface area contributed by atoms with Crippen LogP contribution in [0.15, 0.2) is 54.7 Å². The van der Waals surface area contributed by atoms with Gasteiger partial charge in [-0.3, -0.25) is 0 Å². The Morgan fingerprint density at radius 3 is 2.86 bits per heavy atom. The molecule has 2 fully saturated rings. The van der Waals surface area contributed by atoms with Gasteiger partial charge < -0.3 is 19.9 Å². The fraction of sp³-hybridized carbons (Fsp3) is 0.379. The second kappa shape index (κ2) is 9.99. The van der Waals surface area contributed by atoms with Gasteiger partial charge in [0.1, 0.15) is 6.61 Å². The minimum atomic E-state index is -0.511. The molecule has 1 saturated carbocycles. The van der Waals surface area contributed by atoms with Crippen LogP contribution in [0.4, 0.5) is 10.1 Å². The molecule has 1 aliphatic carbocycles. The largest absolute Gasteiger partial charge is 0.475 e. The number of hydrogen-bond donors (Lipinski definition) is 2. The molecule has 0 spiro atoms. The molecule has 1 aromatic carbocycles. The van der Waals surface area contributed by atoms with Crippen LogP contribution < -0.4 is 10.1 Å². The maximum atomic E-state index is 13.8. The van der Waals surface area contributed by atoms with Gasteiger partial charge in [0.15, 0.2) is 0 Å². The van der Waals surface area contributed by atoms with Crippen molar-refractivity contribution in [2.45, 2.75) is 32.6 Å². The van der Waals surface area contributed by atoms with Crippen LogP contribution in [0.5, 0.6) is 5.88 Å². The molecule has 2 N–H and O–H groups in total. The van der Waals surface area contributed by atoms with E-state index >= 15 is 0 Å². The molecule has 1 saturated heterocycles. The van der Waals surface area contributed by atoms with Crippen LogP contribution >= 0.6 is 0 Å². The van der Waals surface area contributed by atoms with Crippen LogP contribution in [0.3, 0.4) is 0 Å². The van der Waals surface area contributed by atoms with Crippen molar-refractivity contribution in [1.82, 2.24) is 9.97 Å². The van der Waals surface area contributed by atoms with Gasteiger partial charge in [0, 0.05) is 40.7 Å². The number of anilines is 1. The highest BCUT2D eigenvalue weighted by Gasteiger charge is 2.67. The molecular formula is C29H32FN3O3. The van der Waals surface area contributed by atoms with Crippen LogP contribution in [0.25, 0.3) is 16.8 Å². The third kappa shape index (κ3) is 4.49. The number of aromatic nitrogens is 2. The molecule has 3 aromatic rings. The first-order chi connectivity index (χ1) is 17.5. The number of aryl methyl sites for hydroxylation is 1. The molecule has 0 radical (unpaired) electrons. The van der Waals surface area contributed by atoms with Crippen molar-refractivity contribution in [3.05, 3.63) is 77.5 Å². The van der Waals surface area contributed by atoms with E-state index in [1.165, 1.54) is 12.3 Å². The SMILES string of the molecule is CC/C=C(\Nc1ccc(C)c(-c2cc(OCCO)nc(C34COCC3[C@H]4C)c2)c1)c1ccnc(F)c1. The van der Waals surface area contributed by atoms with Gasteiger partial charge in [-0.05, 0) is 66.1 Å². The van der Waals surface area contributed by atoms with Crippen LogP contribution in [0.1, 0.15) is 37.1 Å². The maximum Gasteiger partial charge on any atom is 0.214 e. The van der Waals surface area contributed by atoms with Gasteiger partial charge in [-0.1, -0.05) is 26.0 Å². The Balaban J connectivity index is 1.52. The molecule has 3 atom stereocenters. The van der Waals surface area contributed by atoms with Gasteiger partial charge in [0.25, 0.3) is 0 Å². The second-order valence-corrected chi connectivity index (χ2v) is 9.65. The summed E-state index contributed by atoms with van der Waals surface area (Å²) in [5.41, 5.74) is 6.54. The summed E-state index contributed by atoms with van der Waals surface area (Å²) in [4.78, 5) is 8.51. The summed E-state index contributed by atoms with van der Waals surface area (Å²) in [6.45, 7) is 7.93. The third-order valence-electron chi connectivity index (χ3n) is 7.50. The van der Waals surface area contributed by atoms with Crippen LogP contribution in [0.2, 0.25) is 0 Å². The number of benzene rings is 1. The summed E-state index contributed by atoms with van der Waals surface area (Å²) in [6, 6.07) is 13.5. The number of ether oxygens (including phenoxy) is 2. The van der Waals surface area contributed by atoms with Crippen molar-refractivity contribution in [2.24, 2.45) is 11.8 Å². The Kier molecular flexibility index (Phi) is 6.77. The molecule has 5 rings (SSSR count). The van der Waals surface area contributed by atoms with E-state index in [9.17, 15) is 9.50 Å². The van der Waals surface area contributed by atoms with E-state index in [2.05, 4.69) is 42.3 Å². The summed E-state index contributed by atoms with van der Waals surface area (Å²) < 4.78 is 25.4. The number of nitrogens with one attached hydrogen (secondary N) is 1. The zero-order valence-corrected chi connectivity index (χ0v) is 20.9. The van der Waals surface area contributed by atoms with Crippen LogP contribution in [0, 0.1) is 24.7 Å². The number of rotatable bonds is 9. The number of halogens is 1. The Morgan fingerprint density at radius 1 is 1.28 bits per heavy atom. The van der Waals surface area contributed by atoms with E-state index < -0.39 is 5.95 Å². The number of hydrogen-bond acceptors (Lipinski definition) is 6. The third-order valence-corrected chi connectivity index (χ3v) is 7.50. The van der Waals surface area contributed by atoms with Crippen LogP contribution in [-0.4, -0.2) is 41.5 Å². The number of pyridine rings is 2. The molecule has 2 aromatic heterocycles. The Hall–Kier alpha value is -3.29. The van der Waals surface area contributed by atoms with E-state index in [0.29, 0.717) is 24.3 Å². The van der Waals surface area contributed by atoms with E-state index in [4.69, 9.17) is 14.5 Å². The molecule has 7 heteroatoms. The van der Waals surface area contributed by atoms with E-state index in [1.54, 1.807) is 6.07 Å². The van der Waals surface area contributed by atoms with Gasteiger partial charge in [-0.25, -0.2) is 9.97 Å². The Bertz CT molecular complexity index is 1290. The number of aliphatic hydroxyl groups is 1. The average Bonchev–Trinajstić information content (AvgIpc) is 3.22. The quantitative estimate of drug-likeness (QED) is 0.394. The van der Waals surface area contributed by atoms with Gasteiger partial charge >= 0.3 is 0 Å². The van der Waals surface area contributed by atoms with Gasteiger partial charge in [-0.2, -0.15) is 4.39 Å². The number of fused-ring (bicyclic) bond motifs is 1. The monoisotopic (exact) mass is 489 g/mol. The van der Waals surface area contributed by atoms with Crippen molar-refractivity contribution >= 4 is 11.4 Å². The summed E-state index contributed by atoms with van der Waals surface area (Å²) in [7, 11) is 0. The van der Waals surface area contributed by atoms with Gasteiger partial charge in [-0.15, -0.1) is 0 Å². The molecule has 188 valence electrons. The number of allylic oxidation sites excluding steroid dienone is 1. The lowest BCUT2D eigenvalue weighted by molar-refractivity contribution is 0.146. The van der Waals surface area contributed by atoms with E-state index in [1.807, 2.05) is 25.1 Å². The van der Waals surface area contributed by atoms with Crippen LogP contribution in [-0.2, 0) is 10.2 Å². The lowest BCUT2D eigenvalue weighted by Crippen LogP contribution is -2.17. The normalized spacial score (nSPS) is 22.9. The van der Waals surface area contributed by atoms with Crippen molar-refractivity contribution in [1.29, 1.82) is 0 Å². The molecule has 0 amide bonds. The Labute approximate surface area is 211 Å². The fourth-order valence-corrected chi connectivity index (χ4v) is 5.41. The summed E-state index contributed by atoms with van der Waals surface area (Å²) >= 11 is 0. The highest BCUT2D eigenvalue weighted by molar-refractivity contribution is 5.80. The lowest BCUT2D eigenvalue weighted by Gasteiger charge is -2.18. The zero-order chi connectivity index (χ0) is 25.3. The fourth-order valence-electron chi connectivity index (χ4n) is 5.41. The standard InChI is InChI=1S/C29H32FN3O3/c1-4-5-25(20-8-9-31-27(30)13-20)32-22-7-6-18(2)23(15-22)21-12-26(33-28(14-21)36-11-10-34)29-17-35-16-24(29)19(29)3/h5-9,12-15,19,24,32,34H,4,10-11,16-17H2,1-3H3/b25-5-/t19-,24?,29?/m1/s1. The molecule has 6 nitrogen and oxygen atoms in total. The average molecular weight is 490 g/mol. The van der Waals surface area contributed by atoms with E-state index in [0.717, 1.165) is 52.4 Å². The minimum Gasteiger partial charge on any atom is -0.475 e. The lowest BCUT2D eigenvalue weighted by atomic mass is 9.94. The number of aliphatic hydroxyl groups excluding tert-OH is 1. The van der Waals surface area contributed by atoms with Gasteiger partial charge in [0.05, 0.1) is 25.5 Å². The molecule has 1 aliphatic heterocycles. The van der Waals surface area contributed by atoms with Gasteiger partial charge in [0.2, 0.25) is 11.8 Å². The first-order valence-electron chi connectivity index (χ1n) is 12.5. The molecule has 0 bridgehead atoms. The molecule has 2 aliphatic rings. The number of nitrogens with zero attached hydrogens (tertiary/aromatic N) is 2. The van der Waals surface area contributed by atoms with Crippen molar-refractivity contribution in [3.8, 4) is 17.0 Å². The summed E-state index contributed by atoms with van der Waals surface area (Å²) in [5.74, 6) is 0.981. The van der Waals surface area contributed by atoms with Crippen molar-refractivity contribution in [2.75, 3.05) is 31.7 Å². The second-order valence-electron chi connectivity index (χ2n) is 9.65. The first kappa shape index (κ1) is 24.4. The molecule has 3 heterocycles. The maximum absolute atomic E-state index is 13.8. The first-order valence-corrected chi connectivity index (χ1v) is 12.5. The molecular weight excluding hydrogens is 457 g/mol. The van der Waals surface area contributed by atoms with E-state index in [-0.39, 0.29) is 18.6 Å². The summed E-state index contributed by atoms with van der Waals surface area (Å²) in [5, 5.41) is 12.8. The predicted molar refractivity (Wildman–Crippen MR) is 138 cm³/mol. The smallest absolute Gasteiger partial charge is 0.214 e. The highest BCUT2D eigenvalue weighted by Crippen LogP contribution is 2.63. The topological polar surface area (TPSA) is 76.5 Å². The predicted octanol–water partition coefficient (Wildman–Crippen LogP) is 5.36.